The fourth-order valence-electron chi connectivity index (χ4n) is 3.18. The predicted octanol–water partition coefficient (Wildman–Crippen LogP) is 1.35. The quantitative estimate of drug-likeness (QED) is 0.889. The molecule has 1 aromatic rings. The van der Waals surface area contributed by atoms with Gasteiger partial charge < -0.3 is 5.73 Å². The molecule has 104 valence electrons. The summed E-state index contributed by atoms with van der Waals surface area (Å²) in [4.78, 5) is 0.393. The third-order valence-electron chi connectivity index (χ3n) is 4.55. The highest BCUT2D eigenvalue weighted by Gasteiger charge is 2.44. The Hall–Kier alpha value is -0.910. The first-order valence-electron chi connectivity index (χ1n) is 6.81. The third-order valence-corrected chi connectivity index (χ3v) is 6.43. The van der Waals surface area contributed by atoms with Crippen LogP contribution in [0.5, 0.6) is 0 Å². The first-order chi connectivity index (χ1) is 8.98. The average Bonchev–Trinajstić information content (AvgIpc) is 2.38. The van der Waals surface area contributed by atoms with E-state index in [1.54, 1.807) is 16.4 Å². The van der Waals surface area contributed by atoms with Gasteiger partial charge in [-0.3, -0.25) is 0 Å². The van der Waals surface area contributed by atoms with Crippen LogP contribution in [0.1, 0.15) is 18.4 Å². The van der Waals surface area contributed by atoms with Crippen LogP contribution in [-0.4, -0.2) is 31.9 Å². The number of rotatable bonds is 2. The van der Waals surface area contributed by atoms with E-state index >= 15 is 0 Å². The molecule has 3 rings (SSSR count). The van der Waals surface area contributed by atoms with Gasteiger partial charge in [-0.25, -0.2) is 8.42 Å². The minimum Gasteiger partial charge on any atom is -0.327 e. The second-order valence-corrected chi connectivity index (χ2v) is 7.73. The molecule has 1 saturated heterocycles. The summed E-state index contributed by atoms with van der Waals surface area (Å²) < 4.78 is 26.7. The number of nitrogens with two attached hydrogens (primary N) is 1. The van der Waals surface area contributed by atoms with E-state index in [-0.39, 0.29) is 6.04 Å². The summed E-state index contributed by atoms with van der Waals surface area (Å²) in [5, 5.41) is 0. The maximum atomic E-state index is 12.6. The van der Waals surface area contributed by atoms with Gasteiger partial charge in [-0.15, -0.1) is 0 Å². The van der Waals surface area contributed by atoms with Gasteiger partial charge in [0.1, 0.15) is 0 Å². The van der Waals surface area contributed by atoms with Gasteiger partial charge in [0.15, 0.2) is 0 Å². The molecule has 3 atom stereocenters. The molecule has 0 amide bonds. The fourth-order valence-corrected chi connectivity index (χ4v) is 4.68. The van der Waals surface area contributed by atoms with Gasteiger partial charge >= 0.3 is 0 Å². The molecule has 19 heavy (non-hydrogen) atoms. The van der Waals surface area contributed by atoms with Crippen LogP contribution in [0.4, 0.5) is 0 Å². The molecule has 0 spiro atoms. The van der Waals surface area contributed by atoms with Gasteiger partial charge in [0.25, 0.3) is 0 Å². The van der Waals surface area contributed by atoms with Crippen molar-refractivity contribution in [2.75, 3.05) is 13.1 Å². The standard InChI is InChI=1S/C14H20N2O2S/c1-10-2-4-12(5-3-10)19(17,18)16-7-6-11-8-14(15)13(11)9-16/h2-5,11,13-14H,6-9,15H2,1H3. The summed E-state index contributed by atoms with van der Waals surface area (Å²) in [7, 11) is -3.35. The largest absolute Gasteiger partial charge is 0.327 e. The van der Waals surface area contributed by atoms with Crippen molar-refractivity contribution < 1.29 is 8.42 Å². The van der Waals surface area contributed by atoms with Gasteiger partial charge in [0.2, 0.25) is 10.0 Å². The number of sulfonamides is 1. The van der Waals surface area contributed by atoms with Crippen LogP contribution in [-0.2, 0) is 10.0 Å². The highest BCUT2D eigenvalue weighted by Crippen LogP contribution is 2.40. The van der Waals surface area contributed by atoms with E-state index in [9.17, 15) is 8.42 Å². The Morgan fingerprint density at radius 2 is 1.95 bits per heavy atom. The number of aryl methyl sites for hydroxylation is 1. The van der Waals surface area contributed by atoms with Crippen molar-refractivity contribution in [2.45, 2.75) is 30.7 Å². The molecule has 1 saturated carbocycles. The van der Waals surface area contributed by atoms with E-state index in [4.69, 9.17) is 5.73 Å². The molecule has 3 unspecified atom stereocenters. The molecule has 1 aromatic carbocycles. The number of benzene rings is 1. The second kappa shape index (κ2) is 4.58. The highest BCUT2D eigenvalue weighted by molar-refractivity contribution is 7.89. The van der Waals surface area contributed by atoms with E-state index in [0.29, 0.717) is 29.8 Å². The lowest BCUT2D eigenvalue weighted by atomic mass is 9.66. The highest BCUT2D eigenvalue weighted by atomic mass is 32.2. The lowest BCUT2D eigenvalue weighted by molar-refractivity contribution is 0.0609. The Morgan fingerprint density at radius 1 is 1.26 bits per heavy atom. The maximum Gasteiger partial charge on any atom is 0.243 e. The number of nitrogens with zero attached hydrogens (tertiary/aromatic N) is 1. The molecule has 5 heteroatoms. The van der Waals surface area contributed by atoms with Crippen molar-refractivity contribution in [3.05, 3.63) is 29.8 Å². The van der Waals surface area contributed by atoms with Crippen molar-refractivity contribution in [1.82, 2.24) is 4.31 Å². The first kappa shape index (κ1) is 13.1. The van der Waals surface area contributed by atoms with Crippen LogP contribution >= 0.6 is 0 Å². The van der Waals surface area contributed by atoms with Crippen LogP contribution in [0.25, 0.3) is 0 Å². The monoisotopic (exact) mass is 280 g/mol. The summed E-state index contributed by atoms with van der Waals surface area (Å²) in [5.41, 5.74) is 7.04. The lowest BCUT2D eigenvalue weighted by Gasteiger charge is -2.49. The number of fused-ring (bicyclic) bond motifs is 1. The molecule has 2 N–H and O–H groups in total. The van der Waals surface area contributed by atoms with Crippen molar-refractivity contribution in [1.29, 1.82) is 0 Å². The minimum absolute atomic E-state index is 0.181. The van der Waals surface area contributed by atoms with Gasteiger partial charge in [-0.1, -0.05) is 17.7 Å². The summed E-state index contributed by atoms with van der Waals surface area (Å²) in [6.45, 7) is 3.17. The van der Waals surface area contributed by atoms with Crippen molar-refractivity contribution in [3.63, 3.8) is 0 Å². The molecular weight excluding hydrogens is 260 g/mol. The Balaban J connectivity index is 1.82. The van der Waals surface area contributed by atoms with Gasteiger partial charge in [0.05, 0.1) is 4.90 Å². The molecule has 2 aliphatic rings. The van der Waals surface area contributed by atoms with Gasteiger partial charge in [-0.05, 0) is 43.7 Å². The van der Waals surface area contributed by atoms with E-state index < -0.39 is 10.0 Å². The SMILES string of the molecule is Cc1ccc(S(=O)(=O)N2CCC3CC(N)C3C2)cc1. The molecule has 4 nitrogen and oxygen atoms in total. The molecule has 2 fully saturated rings. The molecule has 1 aliphatic carbocycles. The Morgan fingerprint density at radius 3 is 2.58 bits per heavy atom. The van der Waals surface area contributed by atoms with Crippen LogP contribution in [0.2, 0.25) is 0 Å². The Bertz CT molecular complexity index is 568. The van der Waals surface area contributed by atoms with Crippen LogP contribution in [0.15, 0.2) is 29.2 Å². The van der Waals surface area contributed by atoms with E-state index in [0.717, 1.165) is 18.4 Å². The third kappa shape index (κ3) is 2.20. The summed E-state index contributed by atoms with van der Waals surface area (Å²) in [6.07, 6.45) is 2.01. The second-order valence-electron chi connectivity index (χ2n) is 5.79. The lowest BCUT2D eigenvalue weighted by Crippen LogP contribution is -2.57. The number of hydrogen-bond acceptors (Lipinski definition) is 3. The van der Waals surface area contributed by atoms with Gasteiger partial charge in [0, 0.05) is 19.1 Å². The topological polar surface area (TPSA) is 63.4 Å². The van der Waals surface area contributed by atoms with E-state index in [1.165, 1.54) is 0 Å². The van der Waals surface area contributed by atoms with Crippen molar-refractivity contribution in [3.8, 4) is 0 Å². The van der Waals surface area contributed by atoms with Gasteiger partial charge in [-0.2, -0.15) is 4.31 Å². The van der Waals surface area contributed by atoms with Crippen LogP contribution < -0.4 is 5.73 Å². The molecule has 1 heterocycles. The first-order valence-corrected chi connectivity index (χ1v) is 8.25. The zero-order valence-corrected chi connectivity index (χ0v) is 11.9. The summed E-state index contributed by atoms with van der Waals surface area (Å²) in [5.74, 6) is 0.994. The Labute approximate surface area is 114 Å². The van der Waals surface area contributed by atoms with Crippen molar-refractivity contribution >= 4 is 10.0 Å². The fraction of sp³-hybridized carbons (Fsp3) is 0.571. The predicted molar refractivity (Wildman–Crippen MR) is 74.1 cm³/mol. The molecule has 0 radical (unpaired) electrons. The average molecular weight is 280 g/mol. The normalized spacial score (nSPS) is 31.6. The number of hydrogen-bond donors (Lipinski definition) is 1. The molecule has 0 aromatic heterocycles. The maximum absolute atomic E-state index is 12.6. The van der Waals surface area contributed by atoms with E-state index in [2.05, 4.69) is 0 Å². The minimum atomic E-state index is -3.35. The molecule has 1 aliphatic heterocycles. The molecule has 0 bridgehead atoms. The van der Waals surface area contributed by atoms with Crippen LogP contribution in [0.3, 0.4) is 0 Å². The summed E-state index contributed by atoms with van der Waals surface area (Å²) >= 11 is 0. The zero-order chi connectivity index (χ0) is 13.6. The summed E-state index contributed by atoms with van der Waals surface area (Å²) in [6, 6.07) is 7.25. The van der Waals surface area contributed by atoms with Crippen LogP contribution in [0, 0.1) is 18.8 Å². The van der Waals surface area contributed by atoms with Crippen molar-refractivity contribution in [2.24, 2.45) is 17.6 Å². The Kier molecular flexibility index (Phi) is 3.15. The zero-order valence-electron chi connectivity index (χ0n) is 11.1. The molecular formula is C14H20N2O2S. The number of piperidine rings is 1. The van der Waals surface area contributed by atoms with E-state index in [1.807, 2.05) is 19.1 Å². The smallest absolute Gasteiger partial charge is 0.243 e.